The van der Waals surface area contributed by atoms with Crippen LogP contribution in [-0.2, 0) is 17.5 Å². The van der Waals surface area contributed by atoms with Crippen molar-refractivity contribution in [2.24, 2.45) is 16.3 Å². The lowest BCUT2D eigenvalue weighted by Gasteiger charge is -2.26. The Balaban J connectivity index is 3.22. The van der Waals surface area contributed by atoms with Crippen molar-refractivity contribution in [3.8, 4) is 0 Å². The van der Waals surface area contributed by atoms with Gasteiger partial charge in [-0.25, -0.2) is 0 Å². The maximum absolute atomic E-state index is 13.4. The summed E-state index contributed by atoms with van der Waals surface area (Å²) < 4.78 is 40.3. The summed E-state index contributed by atoms with van der Waals surface area (Å²) in [6.45, 7) is 11.3. The lowest BCUT2D eigenvalue weighted by atomic mass is 10.1. The molecule has 5 nitrogen and oxygen atoms in total. The Morgan fingerprint density at radius 1 is 1.11 bits per heavy atom. The van der Waals surface area contributed by atoms with Crippen molar-refractivity contribution in [1.29, 1.82) is 0 Å². The predicted octanol–water partition coefficient (Wildman–Crippen LogP) is 5.49. The summed E-state index contributed by atoms with van der Waals surface area (Å²) in [4.78, 5) is 11.9. The van der Waals surface area contributed by atoms with Crippen LogP contribution in [-0.4, -0.2) is 23.0 Å². The third-order valence-corrected chi connectivity index (χ3v) is 3.80. The van der Waals surface area contributed by atoms with Crippen molar-refractivity contribution >= 4 is 11.6 Å². The van der Waals surface area contributed by atoms with E-state index in [4.69, 9.17) is 0 Å². The number of nitrogens with one attached hydrogen (secondary N) is 1. The first-order valence-corrected chi connectivity index (χ1v) is 9.09. The molecule has 0 unspecified atom stereocenters. The normalized spacial score (nSPS) is 12.4. The minimum atomic E-state index is -4.56. The first-order chi connectivity index (χ1) is 12.4. The van der Waals surface area contributed by atoms with E-state index >= 15 is 0 Å². The lowest BCUT2D eigenvalue weighted by molar-refractivity contribution is -0.137. The van der Waals surface area contributed by atoms with Gasteiger partial charge in [-0.3, -0.25) is 9.80 Å². The first-order valence-electron chi connectivity index (χ1n) is 9.09. The zero-order chi connectivity index (χ0) is 20.8. The molecule has 0 aliphatic carbocycles. The van der Waals surface area contributed by atoms with Crippen molar-refractivity contribution in [2.45, 2.75) is 72.8 Å². The molecule has 1 N–H and O–H groups in total. The van der Waals surface area contributed by atoms with E-state index in [0.717, 1.165) is 6.07 Å². The van der Waals surface area contributed by atoms with Gasteiger partial charge < -0.3 is 5.32 Å². The molecule has 152 valence electrons. The number of alkyl halides is 3. The van der Waals surface area contributed by atoms with Crippen LogP contribution in [0.2, 0.25) is 0 Å². The molecule has 0 saturated carbocycles. The molecule has 1 rings (SSSR count). The Hall–Kier alpha value is -2.12. The van der Waals surface area contributed by atoms with Crippen LogP contribution in [0.3, 0.4) is 0 Å². The maximum atomic E-state index is 13.4. The fraction of sp³-hybridized carbons (Fsp3) is 0.632. The lowest BCUT2D eigenvalue weighted by Crippen LogP contribution is -2.31. The topological polar surface area (TPSA) is 57.1 Å². The molecule has 8 heteroatoms. The largest absolute Gasteiger partial charge is 0.418 e. The number of rotatable bonds is 8. The highest BCUT2D eigenvalue weighted by atomic mass is 19.4. The molecule has 0 heterocycles. The van der Waals surface area contributed by atoms with Gasteiger partial charge in [0.2, 0.25) is 5.91 Å². The van der Waals surface area contributed by atoms with Crippen LogP contribution in [0.1, 0.15) is 59.1 Å². The molecule has 0 atom stereocenters. The van der Waals surface area contributed by atoms with Crippen LogP contribution < -0.4 is 5.32 Å². The van der Waals surface area contributed by atoms with Gasteiger partial charge in [0, 0.05) is 25.0 Å². The van der Waals surface area contributed by atoms with Gasteiger partial charge in [0.15, 0.2) is 0 Å². The summed E-state index contributed by atoms with van der Waals surface area (Å²) in [6, 6.07) is 3.79. The Morgan fingerprint density at radius 2 is 1.70 bits per heavy atom. The van der Waals surface area contributed by atoms with Crippen molar-refractivity contribution in [3.05, 3.63) is 29.3 Å². The zero-order valence-corrected chi connectivity index (χ0v) is 16.8. The molecule has 0 aromatic heterocycles. The van der Waals surface area contributed by atoms with Gasteiger partial charge in [0.05, 0.1) is 5.56 Å². The molecule has 0 saturated heterocycles. The minimum absolute atomic E-state index is 0.0130. The second-order valence-corrected chi connectivity index (χ2v) is 7.44. The van der Waals surface area contributed by atoms with Crippen molar-refractivity contribution in [1.82, 2.24) is 10.3 Å². The van der Waals surface area contributed by atoms with Crippen LogP contribution in [0.15, 0.2) is 28.5 Å². The molecule has 0 radical (unpaired) electrons. The van der Waals surface area contributed by atoms with E-state index in [9.17, 15) is 18.0 Å². The van der Waals surface area contributed by atoms with Gasteiger partial charge in [-0.15, -0.1) is 5.11 Å². The molecule has 0 spiro atoms. The fourth-order valence-electron chi connectivity index (χ4n) is 2.62. The Bertz CT molecular complexity index is 647. The van der Waals surface area contributed by atoms with Crippen LogP contribution >= 0.6 is 0 Å². The maximum Gasteiger partial charge on any atom is 0.418 e. The number of benzene rings is 1. The number of halogens is 3. The third kappa shape index (κ3) is 7.19. The average Bonchev–Trinajstić information content (AvgIpc) is 2.51. The van der Waals surface area contributed by atoms with Gasteiger partial charge in [0.25, 0.3) is 0 Å². The quantitative estimate of drug-likeness (QED) is 0.475. The van der Waals surface area contributed by atoms with E-state index in [1.54, 1.807) is 5.01 Å². The van der Waals surface area contributed by atoms with E-state index in [1.165, 1.54) is 12.1 Å². The van der Waals surface area contributed by atoms with E-state index in [-0.39, 0.29) is 41.7 Å². The van der Waals surface area contributed by atoms with Crippen LogP contribution in [0.25, 0.3) is 0 Å². The Kier molecular flexibility index (Phi) is 8.24. The number of hydrogen-bond acceptors (Lipinski definition) is 3. The number of nitrogens with zero attached hydrogens (tertiary/aromatic N) is 3. The van der Waals surface area contributed by atoms with E-state index in [2.05, 4.69) is 15.7 Å². The van der Waals surface area contributed by atoms with E-state index in [1.807, 2.05) is 41.5 Å². The molecule has 27 heavy (non-hydrogen) atoms. The summed E-state index contributed by atoms with van der Waals surface area (Å²) in [5.41, 5.74) is -0.853. The van der Waals surface area contributed by atoms with Crippen LogP contribution in [0, 0.1) is 5.92 Å². The summed E-state index contributed by atoms with van der Waals surface area (Å²) in [6.07, 6.45) is -4.25. The molecular formula is C19H29F3N4O. The zero-order valence-electron chi connectivity index (χ0n) is 16.8. The number of carbonyl (C=O) groups is 1. The molecule has 0 aliphatic rings. The summed E-state index contributed by atoms with van der Waals surface area (Å²) in [5, 5.41) is 12.3. The summed E-state index contributed by atoms with van der Waals surface area (Å²) in [5.74, 6) is -0.0485. The summed E-state index contributed by atoms with van der Waals surface area (Å²) in [7, 11) is 0. The highest BCUT2D eigenvalue weighted by Crippen LogP contribution is 2.38. The van der Waals surface area contributed by atoms with Crippen molar-refractivity contribution in [3.63, 3.8) is 0 Å². The van der Waals surface area contributed by atoms with Crippen LogP contribution in [0.4, 0.5) is 18.9 Å². The predicted molar refractivity (Wildman–Crippen MR) is 99.4 cm³/mol. The molecule has 0 bridgehead atoms. The molecule has 1 aromatic carbocycles. The number of hydrogen-bond donors (Lipinski definition) is 1. The van der Waals surface area contributed by atoms with Crippen LogP contribution in [0.5, 0.6) is 0 Å². The second kappa shape index (κ2) is 9.71. The van der Waals surface area contributed by atoms with E-state index < -0.39 is 11.7 Å². The Morgan fingerprint density at radius 3 is 2.19 bits per heavy atom. The van der Waals surface area contributed by atoms with Gasteiger partial charge in [-0.05, 0) is 45.2 Å². The Labute approximate surface area is 159 Å². The highest BCUT2D eigenvalue weighted by molar-refractivity contribution is 5.76. The summed E-state index contributed by atoms with van der Waals surface area (Å²) >= 11 is 0. The number of amides is 1. The monoisotopic (exact) mass is 386 g/mol. The standard InChI is InChI=1S/C19H29F3N4O/c1-12(2)10-17(27)23-11-15-8-7-9-16(19(20,21)22)18(15)24-25-26(13(3)4)14(5)6/h7-9,12-14H,10-11H2,1-6H3,(H,23,27). The average molecular weight is 386 g/mol. The van der Waals surface area contributed by atoms with Crippen molar-refractivity contribution in [2.75, 3.05) is 0 Å². The van der Waals surface area contributed by atoms with Gasteiger partial charge in [0.1, 0.15) is 5.69 Å². The fourth-order valence-corrected chi connectivity index (χ4v) is 2.62. The molecular weight excluding hydrogens is 357 g/mol. The van der Waals surface area contributed by atoms with E-state index in [0.29, 0.717) is 6.42 Å². The second-order valence-electron chi connectivity index (χ2n) is 7.44. The first kappa shape index (κ1) is 22.9. The smallest absolute Gasteiger partial charge is 0.352 e. The molecule has 0 fully saturated rings. The van der Waals surface area contributed by atoms with Gasteiger partial charge in [-0.2, -0.15) is 13.2 Å². The van der Waals surface area contributed by atoms with Gasteiger partial charge in [-0.1, -0.05) is 31.2 Å². The van der Waals surface area contributed by atoms with Gasteiger partial charge >= 0.3 is 6.18 Å². The highest BCUT2D eigenvalue weighted by Gasteiger charge is 2.34. The minimum Gasteiger partial charge on any atom is -0.352 e. The van der Waals surface area contributed by atoms with Crippen molar-refractivity contribution < 1.29 is 18.0 Å². The molecule has 1 aromatic rings. The SMILES string of the molecule is CC(C)CC(=O)NCc1cccc(C(F)(F)F)c1N=NN(C(C)C)C(C)C. The number of carbonyl (C=O) groups excluding carboxylic acids is 1. The third-order valence-electron chi connectivity index (χ3n) is 3.80. The molecule has 1 amide bonds. The molecule has 0 aliphatic heterocycles.